The van der Waals surface area contributed by atoms with Gasteiger partial charge in [-0.1, -0.05) is 6.92 Å². The lowest BCUT2D eigenvalue weighted by Gasteiger charge is -2.13. The van der Waals surface area contributed by atoms with E-state index in [1.54, 1.807) is 13.2 Å². The number of carbonyl (C=O) groups is 1. The fourth-order valence-corrected chi connectivity index (χ4v) is 3.84. The van der Waals surface area contributed by atoms with Crippen LogP contribution in [0.25, 0.3) is 10.9 Å². The number of benzene rings is 1. The van der Waals surface area contributed by atoms with Crippen molar-refractivity contribution in [3.8, 4) is 5.75 Å². The molecule has 0 aliphatic heterocycles. The Morgan fingerprint density at radius 3 is 2.59 bits per heavy atom. The number of methoxy groups -OCH3 is 1. The van der Waals surface area contributed by atoms with Crippen molar-refractivity contribution in [2.45, 2.75) is 53.6 Å². The number of rotatable bonds is 6. The van der Waals surface area contributed by atoms with Crippen molar-refractivity contribution in [1.29, 1.82) is 0 Å². The fourth-order valence-electron chi connectivity index (χ4n) is 3.84. The number of aromatic nitrogens is 2. The van der Waals surface area contributed by atoms with Gasteiger partial charge in [-0.05, 0) is 57.4 Å². The van der Waals surface area contributed by atoms with E-state index in [1.165, 1.54) is 0 Å². The summed E-state index contributed by atoms with van der Waals surface area (Å²) >= 11 is 0. The van der Waals surface area contributed by atoms with Crippen molar-refractivity contribution in [2.24, 2.45) is 0 Å². The van der Waals surface area contributed by atoms with Crippen LogP contribution in [0, 0.1) is 13.8 Å². The third-order valence-electron chi connectivity index (χ3n) is 5.30. The monoisotopic (exact) mass is 395 g/mol. The van der Waals surface area contributed by atoms with Crippen LogP contribution < -0.4 is 15.6 Å². The van der Waals surface area contributed by atoms with E-state index < -0.39 is 0 Å². The molecule has 3 aromatic rings. The minimum atomic E-state index is -0.222. The molecule has 0 unspecified atom stereocenters. The van der Waals surface area contributed by atoms with Gasteiger partial charge in [-0.15, -0.1) is 0 Å². The fraction of sp³-hybridized carbons (Fsp3) is 0.391. The SMILES string of the molecule is CCc1cc(C)[nH]c(=O)c1CNC(=O)c1cc(OC)cc2c1c(C)cn2C(C)C. The van der Waals surface area contributed by atoms with E-state index in [4.69, 9.17) is 4.74 Å². The second kappa shape index (κ2) is 8.15. The molecule has 3 rings (SSSR count). The molecule has 1 amide bonds. The highest BCUT2D eigenvalue weighted by atomic mass is 16.5. The second-order valence-corrected chi connectivity index (χ2v) is 7.70. The highest BCUT2D eigenvalue weighted by molar-refractivity contribution is 6.08. The van der Waals surface area contributed by atoms with E-state index in [0.717, 1.165) is 34.1 Å². The van der Waals surface area contributed by atoms with Gasteiger partial charge in [0.1, 0.15) is 5.75 Å². The molecule has 29 heavy (non-hydrogen) atoms. The smallest absolute Gasteiger partial charge is 0.253 e. The molecule has 6 heteroatoms. The van der Waals surface area contributed by atoms with E-state index in [9.17, 15) is 9.59 Å². The summed E-state index contributed by atoms with van der Waals surface area (Å²) in [5.41, 5.74) is 4.76. The minimum Gasteiger partial charge on any atom is -0.497 e. The number of hydrogen-bond acceptors (Lipinski definition) is 3. The molecule has 2 N–H and O–H groups in total. The molecule has 1 aromatic carbocycles. The minimum absolute atomic E-state index is 0.153. The number of aryl methyl sites for hydroxylation is 3. The first kappa shape index (κ1) is 20.7. The zero-order valence-corrected chi connectivity index (χ0v) is 18.0. The first-order valence-corrected chi connectivity index (χ1v) is 9.95. The molecule has 0 spiro atoms. The van der Waals surface area contributed by atoms with Crippen LogP contribution in [0.3, 0.4) is 0 Å². The highest BCUT2D eigenvalue weighted by Gasteiger charge is 2.19. The van der Waals surface area contributed by atoms with Crippen molar-refractivity contribution in [3.63, 3.8) is 0 Å². The molecule has 0 aliphatic carbocycles. The highest BCUT2D eigenvalue weighted by Crippen LogP contribution is 2.31. The molecular weight excluding hydrogens is 366 g/mol. The Morgan fingerprint density at radius 2 is 1.97 bits per heavy atom. The summed E-state index contributed by atoms with van der Waals surface area (Å²) in [5.74, 6) is 0.408. The third kappa shape index (κ3) is 3.92. The molecular formula is C23H29N3O3. The second-order valence-electron chi connectivity index (χ2n) is 7.70. The molecule has 0 saturated heterocycles. The Morgan fingerprint density at radius 1 is 1.24 bits per heavy atom. The van der Waals surface area contributed by atoms with Crippen LogP contribution in [0.5, 0.6) is 5.75 Å². The van der Waals surface area contributed by atoms with Gasteiger partial charge in [-0.2, -0.15) is 0 Å². The number of nitrogens with one attached hydrogen (secondary N) is 2. The predicted octanol–water partition coefficient (Wildman–Crippen LogP) is 4.03. The van der Waals surface area contributed by atoms with Crippen molar-refractivity contribution in [1.82, 2.24) is 14.9 Å². The van der Waals surface area contributed by atoms with Crippen LogP contribution in [0.15, 0.2) is 29.2 Å². The predicted molar refractivity (Wildman–Crippen MR) is 116 cm³/mol. The van der Waals surface area contributed by atoms with Crippen molar-refractivity contribution in [2.75, 3.05) is 7.11 Å². The molecule has 0 bridgehead atoms. The van der Waals surface area contributed by atoms with E-state index in [-0.39, 0.29) is 24.1 Å². The lowest BCUT2D eigenvalue weighted by molar-refractivity contribution is 0.0952. The summed E-state index contributed by atoms with van der Waals surface area (Å²) in [4.78, 5) is 28.3. The Kier molecular flexibility index (Phi) is 5.82. The summed E-state index contributed by atoms with van der Waals surface area (Å²) in [6.07, 6.45) is 2.79. The number of aromatic amines is 1. The van der Waals surface area contributed by atoms with Crippen molar-refractivity contribution in [3.05, 3.63) is 62.7 Å². The third-order valence-corrected chi connectivity index (χ3v) is 5.30. The number of carbonyl (C=O) groups excluding carboxylic acids is 1. The van der Waals surface area contributed by atoms with Crippen molar-refractivity contribution >= 4 is 16.8 Å². The normalized spacial score (nSPS) is 11.3. The molecule has 0 atom stereocenters. The van der Waals surface area contributed by atoms with E-state index in [0.29, 0.717) is 16.9 Å². The maximum Gasteiger partial charge on any atom is 0.253 e. The zero-order valence-electron chi connectivity index (χ0n) is 18.0. The number of hydrogen-bond donors (Lipinski definition) is 2. The number of pyridine rings is 1. The molecule has 2 heterocycles. The Labute approximate surface area is 170 Å². The first-order valence-electron chi connectivity index (χ1n) is 9.95. The number of H-pyrrole nitrogens is 1. The molecule has 2 aromatic heterocycles. The van der Waals surface area contributed by atoms with Crippen LogP contribution in [-0.2, 0) is 13.0 Å². The average molecular weight is 396 g/mol. The van der Waals surface area contributed by atoms with Crippen molar-refractivity contribution < 1.29 is 9.53 Å². The number of ether oxygens (including phenoxy) is 1. The lowest BCUT2D eigenvalue weighted by Crippen LogP contribution is -2.28. The Hall–Kier alpha value is -3.02. The lowest BCUT2D eigenvalue weighted by atomic mass is 10.0. The Bertz CT molecular complexity index is 1120. The van der Waals surface area contributed by atoms with Gasteiger partial charge in [0.25, 0.3) is 11.5 Å². The van der Waals surface area contributed by atoms with Crippen LogP contribution in [0.1, 0.15) is 59.6 Å². The van der Waals surface area contributed by atoms with Gasteiger partial charge in [-0.3, -0.25) is 9.59 Å². The molecule has 154 valence electrons. The summed E-state index contributed by atoms with van der Waals surface area (Å²) in [6.45, 7) is 10.3. The number of fused-ring (bicyclic) bond motifs is 1. The standard InChI is InChI=1S/C23H29N3O3/c1-7-16-8-15(5)25-23(28)19(16)11-24-22(27)18-9-17(29-6)10-20-21(18)14(4)12-26(20)13(2)3/h8-10,12-13H,7,11H2,1-6H3,(H,24,27)(H,25,28). The summed E-state index contributed by atoms with van der Waals surface area (Å²) in [6, 6.07) is 5.93. The Balaban J connectivity index is 2.01. The quantitative estimate of drug-likeness (QED) is 0.662. The topological polar surface area (TPSA) is 76.1 Å². The van der Waals surface area contributed by atoms with Gasteiger partial charge in [-0.25, -0.2) is 0 Å². The molecule has 0 radical (unpaired) electrons. The van der Waals surface area contributed by atoms with Gasteiger partial charge in [0.05, 0.1) is 18.2 Å². The number of amides is 1. The maximum atomic E-state index is 13.1. The van der Waals surface area contributed by atoms with Crippen LogP contribution >= 0.6 is 0 Å². The van der Waals surface area contributed by atoms with Gasteiger partial charge in [0.15, 0.2) is 0 Å². The molecule has 6 nitrogen and oxygen atoms in total. The largest absolute Gasteiger partial charge is 0.497 e. The first-order chi connectivity index (χ1) is 13.8. The summed E-state index contributed by atoms with van der Waals surface area (Å²) in [5, 5.41) is 3.84. The van der Waals surface area contributed by atoms with Gasteiger partial charge >= 0.3 is 0 Å². The van der Waals surface area contributed by atoms with E-state index in [2.05, 4.69) is 34.9 Å². The van der Waals surface area contributed by atoms with E-state index in [1.807, 2.05) is 32.9 Å². The summed E-state index contributed by atoms with van der Waals surface area (Å²) < 4.78 is 7.58. The van der Waals surface area contributed by atoms with Crippen LogP contribution in [0.2, 0.25) is 0 Å². The summed E-state index contributed by atoms with van der Waals surface area (Å²) in [7, 11) is 1.59. The number of nitrogens with zero attached hydrogens (tertiary/aromatic N) is 1. The van der Waals surface area contributed by atoms with E-state index >= 15 is 0 Å². The van der Waals surface area contributed by atoms with Crippen LogP contribution in [0.4, 0.5) is 0 Å². The van der Waals surface area contributed by atoms with Gasteiger partial charge in [0.2, 0.25) is 0 Å². The van der Waals surface area contributed by atoms with Gasteiger partial charge in [0, 0.05) is 41.5 Å². The van der Waals surface area contributed by atoms with Crippen LogP contribution in [-0.4, -0.2) is 22.6 Å². The zero-order chi connectivity index (χ0) is 21.3. The average Bonchev–Trinajstić information content (AvgIpc) is 3.02. The maximum absolute atomic E-state index is 13.1. The molecule has 0 aliphatic rings. The molecule has 0 fully saturated rings. The molecule has 0 saturated carbocycles. The van der Waals surface area contributed by atoms with Gasteiger partial charge < -0.3 is 19.6 Å².